The number of rotatable bonds is 5. The molecule has 1 N–H and O–H groups in total. The number of anilines is 1. The molecule has 3 rings (SSSR count). The van der Waals surface area contributed by atoms with Crippen molar-refractivity contribution in [3.8, 4) is 5.75 Å². The Labute approximate surface area is 140 Å². The minimum atomic E-state index is -0.440. The highest BCUT2D eigenvalue weighted by atomic mass is 19.1. The van der Waals surface area contributed by atoms with Crippen LogP contribution in [0.5, 0.6) is 5.75 Å². The molecule has 1 saturated carbocycles. The molecule has 0 atom stereocenters. The number of hydrogen-bond acceptors (Lipinski definition) is 3. The number of nitrogens with one attached hydrogen (secondary N) is 1. The van der Waals surface area contributed by atoms with Gasteiger partial charge in [-0.1, -0.05) is 6.07 Å². The lowest BCUT2D eigenvalue weighted by Crippen LogP contribution is -2.31. The van der Waals surface area contributed by atoms with Gasteiger partial charge in [0.25, 0.3) is 0 Å². The lowest BCUT2D eigenvalue weighted by molar-refractivity contribution is 0.220. The molecule has 0 unspecified atom stereocenters. The molecule has 6 nitrogen and oxygen atoms in total. The van der Waals surface area contributed by atoms with E-state index in [-0.39, 0.29) is 11.8 Å². The molecule has 1 aliphatic carbocycles. The van der Waals surface area contributed by atoms with Crippen molar-refractivity contribution in [3.63, 3.8) is 0 Å². The van der Waals surface area contributed by atoms with E-state index in [4.69, 9.17) is 4.74 Å². The molecule has 0 radical (unpaired) electrons. The van der Waals surface area contributed by atoms with Crippen molar-refractivity contribution in [1.82, 2.24) is 14.7 Å². The van der Waals surface area contributed by atoms with Crippen molar-refractivity contribution in [3.05, 3.63) is 41.3 Å². The van der Waals surface area contributed by atoms with Crippen molar-refractivity contribution in [2.75, 3.05) is 19.5 Å². The smallest absolute Gasteiger partial charge is 0.323 e. The molecule has 0 bridgehead atoms. The van der Waals surface area contributed by atoms with Crippen LogP contribution in [-0.4, -0.2) is 34.9 Å². The monoisotopic (exact) mass is 332 g/mol. The van der Waals surface area contributed by atoms with Gasteiger partial charge in [-0.15, -0.1) is 0 Å². The molecule has 1 aliphatic rings. The lowest BCUT2D eigenvalue weighted by atomic mass is 10.2. The standard InChI is InChI=1S/C17H21FN4O2/c1-21(10-11-4-7-15(24-3)13(18)8-11)17(23)19-16-9-14(12-5-6-12)20-22(16)2/h4,7-9,12H,5-6,10H2,1-3H3,(H,19,23). The summed E-state index contributed by atoms with van der Waals surface area (Å²) in [6, 6.07) is 6.31. The summed E-state index contributed by atoms with van der Waals surface area (Å²) in [6.07, 6.45) is 2.32. The molecule has 0 aliphatic heterocycles. The number of methoxy groups -OCH3 is 1. The third-order valence-electron chi connectivity index (χ3n) is 4.11. The van der Waals surface area contributed by atoms with E-state index in [9.17, 15) is 9.18 Å². The van der Waals surface area contributed by atoms with Crippen molar-refractivity contribution < 1.29 is 13.9 Å². The lowest BCUT2D eigenvalue weighted by Gasteiger charge is -2.18. The summed E-state index contributed by atoms with van der Waals surface area (Å²) >= 11 is 0. The minimum absolute atomic E-state index is 0.188. The molecule has 0 saturated heterocycles. The first-order valence-electron chi connectivity index (χ1n) is 7.86. The summed E-state index contributed by atoms with van der Waals surface area (Å²) in [5, 5.41) is 7.26. The quantitative estimate of drug-likeness (QED) is 0.915. The zero-order valence-electron chi connectivity index (χ0n) is 14.0. The highest BCUT2D eigenvalue weighted by molar-refractivity contribution is 5.88. The fourth-order valence-electron chi connectivity index (χ4n) is 2.54. The zero-order valence-corrected chi connectivity index (χ0v) is 14.0. The van der Waals surface area contributed by atoms with Crippen LogP contribution in [0.3, 0.4) is 0 Å². The normalized spacial score (nSPS) is 13.7. The maximum atomic E-state index is 13.7. The van der Waals surface area contributed by atoms with Gasteiger partial charge < -0.3 is 9.64 Å². The molecule has 128 valence electrons. The highest BCUT2D eigenvalue weighted by Gasteiger charge is 2.27. The number of aryl methyl sites for hydroxylation is 1. The van der Waals surface area contributed by atoms with Gasteiger partial charge in [0.05, 0.1) is 12.8 Å². The summed E-state index contributed by atoms with van der Waals surface area (Å²) in [5.74, 6) is 0.939. The summed E-state index contributed by atoms with van der Waals surface area (Å²) in [6.45, 7) is 0.292. The molecule has 1 heterocycles. The molecule has 1 aromatic heterocycles. The van der Waals surface area contributed by atoms with Gasteiger partial charge in [0.15, 0.2) is 11.6 Å². The average Bonchev–Trinajstić information content (AvgIpc) is 3.33. The van der Waals surface area contributed by atoms with Gasteiger partial charge in [-0.2, -0.15) is 5.10 Å². The fraction of sp³-hybridized carbons (Fsp3) is 0.412. The van der Waals surface area contributed by atoms with E-state index in [1.54, 1.807) is 30.9 Å². The van der Waals surface area contributed by atoms with Crippen LogP contribution in [0.1, 0.15) is 30.0 Å². The molecule has 1 aromatic carbocycles. The van der Waals surface area contributed by atoms with Crippen LogP contribution in [0.25, 0.3) is 0 Å². The van der Waals surface area contributed by atoms with Gasteiger partial charge >= 0.3 is 6.03 Å². The number of nitrogens with zero attached hydrogens (tertiary/aromatic N) is 3. The molecular formula is C17H21FN4O2. The minimum Gasteiger partial charge on any atom is -0.494 e. The predicted octanol–water partition coefficient (Wildman–Crippen LogP) is 3.11. The number of urea groups is 1. The SMILES string of the molecule is COc1ccc(CN(C)C(=O)Nc2cc(C3CC3)nn2C)cc1F. The highest BCUT2D eigenvalue weighted by Crippen LogP contribution is 2.39. The Bertz CT molecular complexity index is 755. The summed E-state index contributed by atoms with van der Waals surface area (Å²) in [5.41, 5.74) is 1.71. The number of carbonyl (C=O) groups excluding carboxylic acids is 1. The number of carbonyl (C=O) groups is 1. The molecule has 2 amide bonds. The Hall–Kier alpha value is -2.57. The van der Waals surface area contributed by atoms with E-state index in [2.05, 4.69) is 10.4 Å². The Kier molecular flexibility index (Phi) is 4.42. The third-order valence-corrected chi connectivity index (χ3v) is 4.11. The largest absolute Gasteiger partial charge is 0.494 e. The average molecular weight is 332 g/mol. The van der Waals surface area contributed by atoms with Gasteiger partial charge in [0, 0.05) is 32.6 Å². The maximum Gasteiger partial charge on any atom is 0.323 e. The molecular weight excluding hydrogens is 311 g/mol. The van der Waals surface area contributed by atoms with Gasteiger partial charge in [0.2, 0.25) is 0 Å². The molecule has 0 spiro atoms. The number of halogens is 1. The van der Waals surface area contributed by atoms with Gasteiger partial charge in [-0.3, -0.25) is 10.00 Å². The Morgan fingerprint density at radius 3 is 2.83 bits per heavy atom. The van der Waals surface area contributed by atoms with Crippen molar-refractivity contribution in [1.29, 1.82) is 0 Å². The van der Waals surface area contributed by atoms with Crippen LogP contribution >= 0.6 is 0 Å². The zero-order chi connectivity index (χ0) is 17.3. The van der Waals surface area contributed by atoms with Crippen LogP contribution in [0, 0.1) is 5.82 Å². The van der Waals surface area contributed by atoms with Gasteiger partial charge in [-0.25, -0.2) is 9.18 Å². The second-order valence-corrected chi connectivity index (χ2v) is 6.11. The topological polar surface area (TPSA) is 59.4 Å². The first kappa shape index (κ1) is 16.3. The van der Waals surface area contributed by atoms with Gasteiger partial charge in [-0.05, 0) is 30.5 Å². The summed E-state index contributed by atoms with van der Waals surface area (Å²) in [7, 11) is 4.89. The van der Waals surface area contributed by atoms with Crippen LogP contribution in [0.4, 0.5) is 15.0 Å². The van der Waals surface area contributed by atoms with E-state index in [0.29, 0.717) is 23.8 Å². The fourth-order valence-corrected chi connectivity index (χ4v) is 2.54. The van der Waals surface area contributed by atoms with E-state index in [1.165, 1.54) is 18.1 Å². The van der Waals surface area contributed by atoms with E-state index in [1.807, 2.05) is 6.07 Å². The summed E-state index contributed by atoms with van der Waals surface area (Å²) < 4.78 is 20.3. The summed E-state index contributed by atoms with van der Waals surface area (Å²) in [4.78, 5) is 13.8. The number of amides is 2. The molecule has 7 heteroatoms. The van der Waals surface area contributed by atoms with Crippen molar-refractivity contribution >= 4 is 11.8 Å². The predicted molar refractivity (Wildman–Crippen MR) is 88.6 cm³/mol. The van der Waals surface area contributed by atoms with Crippen LogP contribution < -0.4 is 10.1 Å². The second kappa shape index (κ2) is 6.51. The third kappa shape index (κ3) is 3.50. The van der Waals surface area contributed by atoms with E-state index < -0.39 is 5.82 Å². The maximum absolute atomic E-state index is 13.7. The number of aromatic nitrogens is 2. The molecule has 1 fully saturated rings. The Morgan fingerprint density at radius 1 is 1.46 bits per heavy atom. The molecule has 24 heavy (non-hydrogen) atoms. The number of ether oxygens (including phenoxy) is 1. The van der Waals surface area contributed by atoms with E-state index >= 15 is 0 Å². The number of hydrogen-bond donors (Lipinski definition) is 1. The van der Waals surface area contributed by atoms with Crippen LogP contribution in [0.2, 0.25) is 0 Å². The van der Waals surface area contributed by atoms with Crippen LogP contribution in [0.15, 0.2) is 24.3 Å². The second-order valence-electron chi connectivity index (χ2n) is 6.11. The first-order chi connectivity index (χ1) is 11.5. The number of benzene rings is 1. The Balaban J connectivity index is 1.63. The van der Waals surface area contributed by atoms with Crippen molar-refractivity contribution in [2.45, 2.75) is 25.3 Å². The van der Waals surface area contributed by atoms with E-state index in [0.717, 1.165) is 18.5 Å². The van der Waals surface area contributed by atoms with Crippen molar-refractivity contribution in [2.24, 2.45) is 7.05 Å². The molecule has 2 aromatic rings. The van der Waals surface area contributed by atoms with Gasteiger partial charge in [0.1, 0.15) is 5.82 Å². The Morgan fingerprint density at radius 2 is 2.21 bits per heavy atom. The first-order valence-corrected chi connectivity index (χ1v) is 7.86. The van der Waals surface area contributed by atoms with Crippen LogP contribution in [-0.2, 0) is 13.6 Å².